The molecule has 0 radical (unpaired) electrons. The summed E-state index contributed by atoms with van der Waals surface area (Å²) in [5, 5.41) is 0.830. The van der Waals surface area contributed by atoms with Crippen LogP contribution in [-0.2, 0) is 0 Å². The largest absolute Gasteiger partial charge is 0.329 e. The highest BCUT2D eigenvalue weighted by atomic mass is 79.9. The van der Waals surface area contributed by atoms with Gasteiger partial charge in [-0.3, -0.25) is 4.90 Å². The van der Waals surface area contributed by atoms with E-state index in [4.69, 9.17) is 17.3 Å². The Balaban J connectivity index is 1.90. The lowest BCUT2D eigenvalue weighted by atomic mass is 10.0. The van der Waals surface area contributed by atoms with Gasteiger partial charge in [-0.15, -0.1) is 0 Å². The van der Waals surface area contributed by atoms with Crippen molar-refractivity contribution < 1.29 is 0 Å². The van der Waals surface area contributed by atoms with Crippen LogP contribution >= 0.6 is 27.5 Å². The predicted octanol–water partition coefficient (Wildman–Crippen LogP) is 3.59. The van der Waals surface area contributed by atoms with Crippen molar-refractivity contribution >= 4 is 27.5 Å². The smallest absolute Gasteiger partial charge is 0.0488 e. The van der Waals surface area contributed by atoms with Gasteiger partial charge in [0.15, 0.2) is 0 Å². The number of piperidine rings is 1. The molecular formula is C14H18BrClN2. The summed E-state index contributed by atoms with van der Waals surface area (Å²) in [7, 11) is 0. The second-order valence-electron chi connectivity index (χ2n) is 5.45. The van der Waals surface area contributed by atoms with Crippen LogP contribution in [-0.4, -0.2) is 24.0 Å². The van der Waals surface area contributed by atoms with Crippen LogP contribution in [0.1, 0.15) is 30.9 Å². The predicted molar refractivity (Wildman–Crippen MR) is 78.8 cm³/mol. The summed E-state index contributed by atoms with van der Waals surface area (Å²) in [6, 6.07) is 7.04. The Morgan fingerprint density at radius 3 is 2.89 bits per heavy atom. The third kappa shape index (κ3) is 2.22. The number of halogens is 2. The summed E-state index contributed by atoms with van der Waals surface area (Å²) in [6.07, 6.45) is 4.07. The number of hydrogen-bond acceptors (Lipinski definition) is 2. The molecule has 3 unspecified atom stereocenters. The second-order valence-corrected chi connectivity index (χ2v) is 6.77. The van der Waals surface area contributed by atoms with E-state index in [9.17, 15) is 0 Å². The monoisotopic (exact) mass is 328 g/mol. The first-order valence-electron chi connectivity index (χ1n) is 6.60. The van der Waals surface area contributed by atoms with Gasteiger partial charge in [0.25, 0.3) is 0 Å². The standard InChI is InChI=1S/C14H18BrClN2/c15-10-2-4-13(16)12(6-10)14(7-17)18-8-9-1-3-11(18)5-9/h2,4,6,9,11,14H,1,3,5,7-8,17H2. The first-order chi connectivity index (χ1) is 8.69. The Morgan fingerprint density at radius 1 is 1.44 bits per heavy atom. The molecule has 0 aromatic heterocycles. The summed E-state index contributed by atoms with van der Waals surface area (Å²) in [5.41, 5.74) is 7.19. The molecule has 3 atom stereocenters. The van der Waals surface area contributed by atoms with Gasteiger partial charge in [0, 0.05) is 34.7 Å². The highest BCUT2D eigenvalue weighted by molar-refractivity contribution is 9.10. The summed E-state index contributed by atoms with van der Waals surface area (Å²) < 4.78 is 1.07. The molecular weight excluding hydrogens is 312 g/mol. The van der Waals surface area contributed by atoms with Crippen molar-refractivity contribution in [2.45, 2.75) is 31.3 Å². The van der Waals surface area contributed by atoms with Crippen LogP contribution in [0.2, 0.25) is 5.02 Å². The quantitative estimate of drug-likeness (QED) is 0.918. The maximum Gasteiger partial charge on any atom is 0.0488 e. The molecule has 2 aliphatic rings. The van der Waals surface area contributed by atoms with Gasteiger partial charge in [-0.05, 0) is 48.9 Å². The third-order valence-electron chi connectivity index (χ3n) is 4.39. The fourth-order valence-corrected chi connectivity index (χ4v) is 4.18. The molecule has 0 spiro atoms. The summed E-state index contributed by atoms with van der Waals surface area (Å²) >= 11 is 9.87. The van der Waals surface area contributed by atoms with Crippen LogP contribution < -0.4 is 5.73 Å². The van der Waals surface area contributed by atoms with E-state index in [1.54, 1.807) is 0 Å². The van der Waals surface area contributed by atoms with Crippen LogP contribution in [0.5, 0.6) is 0 Å². The zero-order chi connectivity index (χ0) is 12.7. The summed E-state index contributed by atoms with van der Waals surface area (Å²) in [6.45, 7) is 1.83. The van der Waals surface area contributed by atoms with E-state index in [0.29, 0.717) is 6.54 Å². The molecule has 1 heterocycles. The van der Waals surface area contributed by atoms with Gasteiger partial charge in [-0.1, -0.05) is 27.5 Å². The van der Waals surface area contributed by atoms with E-state index in [-0.39, 0.29) is 6.04 Å². The number of rotatable bonds is 3. The fourth-order valence-electron chi connectivity index (χ4n) is 3.56. The number of hydrogen-bond donors (Lipinski definition) is 1. The topological polar surface area (TPSA) is 29.3 Å². The molecule has 0 amide bonds. The van der Waals surface area contributed by atoms with E-state index < -0.39 is 0 Å². The van der Waals surface area contributed by atoms with Gasteiger partial charge in [0.2, 0.25) is 0 Å². The molecule has 18 heavy (non-hydrogen) atoms. The Morgan fingerprint density at radius 2 is 2.28 bits per heavy atom. The molecule has 1 aromatic carbocycles. The average Bonchev–Trinajstić information content (AvgIpc) is 2.97. The Hall–Kier alpha value is -0.0900. The highest BCUT2D eigenvalue weighted by Crippen LogP contribution is 2.43. The first-order valence-corrected chi connectivity index (χ1v) is 7.77. The molecule has 1 aliphatic heterocycles. The van der Waals surface area contributed by atoms with Crippen molar-refractivity contribution in [1.82, 2.24) is 4.90 Å². The van der Waals surface area contributed by atoms with Crippen molar-refractivity contribution in [3.8, 4) is 0 Å². The van der Waals surface area contributed by atoms with Gasteiger partial charge < -0.3 is 5.73 Å². The van der Waals surface area contributed by atoms with Gasteiger partial charge in [0.05, 0.1) is 0 Å². The van der Waals surface area contributed by atoms with Gasteiger partial charge in [-0.2, -0.15) is 0 Å². The summed E-state index contributed by atoms with van der Waals surface area (Å²) in [5.74, 6) is 0.884. The Kier molecular flexibility index (Phi) is 3.68. The van der Waals surface area contributed by atoms with E-state index >= 15 is 0 Å². The van der Waals surface area contributed by atoms with E-state index in [0.717, 1.165) is 21.5 Å². The van der Waals surface area contributed by atoms with Crippen LogP contribution in [0, 0.1) is 5.92 Å². The minimum atomic E-state index is 0.269. The molecule has 2 N–H and O–H groups in total. The van der Waals surface area contributed by atoms with Gasteiger partial charge >= 0.3 is 0 Å². The Bertz CT molecular complexity index is 451. The number of nitrogens with two attached hydrogens (primary N) is 1. The molecule has 2 bridgehead atoms. The van der Waals surface area contributed by atoms with Gasteiger partial charge in [-0.25, -0.2) is 0 Å². The third-order valence-corrected chi connectivity index (χ3v) is 5.23. The molecule has 2 fully saturated rings. The zero-order valence-corrected chi connectivity index (χ0v) is 12.6. The zero-order valence-electron chi connectivity index (χ0n) is 10.3. The van der Waals surface area contributed by atoms with Gasteiger partial charge in [0.1, 0.15) is 0 Å². The van der Waals surface area contributed by atoms with Crippen LogP contribution in [0.25, 0.3) is 0 Å². The average molecular weight is 330 g/mol. The first kappa shape index (κ1) is 12.9. The number of benzene rings is 1. The molecule has 1 saturated carbocycles. The van der Waals surface area contributed by atoms with Crippen molar-refractivity contribution in [2.24, 2.45) is 11.7 Å². The molecule has 1 saturated heterocycles. The van der Waals surface area contributed by atoms with Crippen LogP contribution in [0.3, 0.4) is 0 Å². The minimum Gasteiger partial charge on any atom is -0.329 e. The SMILES string of the molecule is NCC(c1cc(Br)ccc1Cl)N1CC2CCC1C2. The second kappa shape index (κ2) is 5.12. The van der Waals surface area contributed by atoms with Crippen molar-refractivity contribution in [3.05, 3.63) is 33.3 Å². The lowest BCUT2D eigenvalue weighted by molar-refractivity contribution is 0.153. The maximum absolute atomic E-state index is 6.35. The fraction of sp³-hybridized carbons (Fsp3) is 0.571. The highest BCUT2D eigenvalue weighted by Gasteiger charge is 2.41. The molecule has 3 rings (SSSR count). The Labute approximate surface area is 122 Å². The summed E-state index contributed by atoms with van der Waals surface area (Å²) in [4.78, 5) is 2.57. The van der Waals surface area contributed by atoms with Crippen LogP contribution in [0.4, 0.5) is 0 Å². The van der Waals surface area contributed by atoms with E-state index in [2.05, 4.69) is 26.9 Å². The number of likely N-dealkylation sites (tertiary alicyclic amines) is 1. The van der Waals surface area contributed by atoms with E-state index in [1.165, 1.54) is 31.4 Å². The van der Waals surface area contributed by atoms with Crippen molar-refractivity contribution in [1.29, 1.82) is 0 Å². The molecule has 4 heteroatoms. The molecule has 98 valence electrons. The lowest BCUT2D eigenvalue weighted by Gasteiger charge is -2.35. The molecule has 1 aliphatic carbocycles. The minimum absolute atomic E-state index is 0.269. The molecule has 1 aromatic rings. The number of nitrogens with zero attached hydrogens (tertiary/aromatic N) is 1. The normalized spacial score (nSPS) is 28.8. The van der Waals surface area contributed by atoms with Crippen LogP contribution in [0.15, 0.2) is 22.7 Å². The van der Waals surface area contributed by atoms with E-state index in [1.807, 2.05) is 12.1 Å². The molecule has 2 nitrogen and oxygen atoms in total. The van der Waals surface area contributed by atoms with Crippen molar-refractivity contribution in [3.63, 3.8) is 0 Å². The number of fused-ring (bicyclic) bond motifs is 2. The van der Waals surface area contributed by atoms with Crippen molar-refractivity contribution in [2.75, 3.05) is 13.1 Å². The lowest BCUT2D eigenvalue weighted by Crippen LogP contribution is -2.39. The maximum atomic E-state index is 6.35.